The number of hydrogen-bond acceptors (Lipinski definition) is 5. The highest BCUT2D eigenvalue weighted by Crippen LogP contribution is 2.28. The summed E-state index contributed by atoms with van der Waals surface area (Å²) in [5.74, 6) is 0.276. The maximum atomic E-state index is 11.8. The zero-order valence-corrected chi connectivity index (χ0v) is 11.1. The third kappa shape index (κ3) is 2.62. The normalized spacial score (nSPS) is 18.8. The number of halogens is 1. The Balaban J connectivity index is 2.38. The Morgan fingerprint density at radius 2 is 2.53 bits per heavy atom. The van der Waals surface area contributed by atoms with Crippen molar-refractivity contribution < 1.29 is 9.53 Å². The Hall–Kier alpha value is -1.84. The Morgan fingerprint density at radius 3 is 3.21 bits per heavy atom. The predicted octanol–water partition coefficient (Wildman–Crippen LogP) is 0.558. The van der Waals surface area contributed by atoms with Crippen LogP contribution in [0.4, 0.5) is 5.82 Å². The van der Waals surface area contributed by atoms with Gasteiger partial charge in [-0.3, -0.25) is 4.79 Å². The highest BCUT2D eigenvalue weighted by Gasteiger charge is 2.31. The number of hydrogen-bond donors (Lipinski definition) is 1. The number of rotatable bonds is 2. The number of amides is 1. The van der Waals surface area contributed by atoms with Gasteiger partial charge < -0.3 is 15.0 Å². The molecule has 1 N–H and O–H groups in total. The number of carbonyl (C=O) groups excluding carboxylic acids is 1. The lowest BCUT2D eigenvalue weighted by Gasteiger charge is -2.35. The number of pyridine rings is 1. The van der Waals surface area contributed by atoms with E-state index in [0.29, 0.717) is 24.5 Å². The fraction of sp³-hybridized carbons (Fsp3) is 0.417. The zero-order chi connectivity index (χ0) is 13.8. The number of ether oxygens (including phenoxy) is 1. The van der Waals surface area contributed by atoms with E-state index in [4.69, 9.17) is 21.6 Å². The SMILES string of the molecule is CNC(=O)C1COCCN1c1nccc(C#N)c1Cl. The molecule has 1 atom stereocenters. The van der Waals surface area contributed by atoms with E-state index in [1.54, 1.807) is 18.0 Å². The second-order valence-corrected chi connectivity index (χ2v) is 4.38. The number of nitrogens with zero attached hydrogens (tertiary/aromatic N) is 3. The summed E-state index contributed by atoms with van der Waals surface area (Å²) in [7, 11) is 1.57. The first-order chi connectivity index (χ1) is 9.19. The third-order valence-corrected chi connectivity index (χ3v) is 3.31. The molecular formula is C12H13ClN4O2. The van der Waals surface area contributed by atoms with Gasteiger partial charge in [-0.1, -0.05) is 11.6 Å². The molecule has 0 bridgehead atoms. The Kier molecular flexibility index (Phi) is 4.20. The lowest BCUT2D eigenvalue weighted by atomic mass is 10.2. The maximum Gasteiger partial charge on any atom is 0.244 e. The lowest BCUT2D eigenvalue weighted by molar-refractivity contribution is -0.124. The Labute approximate surface area is 115 Å². The topological polar surface area (TPSA) is 78.2 Å². The van der Waals surface area contributed by atoms with Crippen LogP contribution < -0.4 is 10.2 Å². The summed E-state index contributed by atoms with van der Waals surface area (Å²) < 4.78 is 5.31. The Bertz CT molecular complexity index is 529. The predicted molar refractivity (Wildman–Crippen MR) is 70.0 cm³/mol. The van der Waals surface area contributed by atoms with Crippen LogP contribution in [0.15, 0.2) is 12.3 Å². The van der Waals surface area contributed by atoms with Crippen molar-refractivity contribution >= 4 is 23.3 Å². The second kappa shape index (κ2) is 5.87. The van der Waals surface area contributed by atoms with Gasteiger partial charge >= 0.3 is 0 Å². The number of nitrogens with one attached hydrogen (secondary N) is 1. The molecule has 1 saturated heterocycles. The van der Waals surface area contributed by atoms with Gasteiger partial charge in [0, 0.05) is 19.8 Å². The van der Waals surface area contributed by atoms with Gasteiger partial charge in [0.2, 0.25) is 5.91 Å². The van der Waals surface area contributed by atoms with E-state index in [1.807, 2.05) is 6.07 Å². The molecule has 0 spiro atoms. The van der Waals surface area contributed by atoms with Gasteiger partial charge in [-0.25, -0.2) is 4.98 Å². The van der Waals surface area contributed by atoms with E-state index in [2.05, 4.69) is 10.3 Å². The van der Waals surface area contributed by atoms with Crippen molar-refractivity contribution in [2.45, 2.75) is 6.04 Å². The van der Waals surface area contributed by atoms with Crippen LogP contribution in [0.2, 0.25) is 5.02 Å². The average Bonchev–Trinajstić information content (AvgIpc) is 2.47. The molecule has 7 heteroatoms. The van der Waals surface area contributed by atoms with Crippen LogP contribution in [0.5, 0.6) is 0 Å². The van der Waals surface area contributed by atoms with Crippen molar-refractivity contribution in [2.75, 3.05) is 31.7 Å². The monoisotopic (exact) mass is 280 g/mol. The summed E-state index contributed by atoms with van der Waals surface area (Å²) in [5, 5.41) is 11.8. The molecule has 0 radical (unpaired) electrons. The maximum absolute atomic E-state index is 11.8. The van der Waals surface area contributed by atoms with Crippen molar-refractivity contribution in [3.8, 4) is 6.07 Å². The van der Waals surface area contributed by atoms with Crippen molar-refractivity contribution in [1.29, 1.82) is 5.26 Å². The molecule has 0 saturated carbocycles. The van der Waals surface area contributed by atoms with Crippen LogP contribution in [0.3, 0.4) is 0 Å². The van der Waals surface area contributed by atoms with E-state index < -0.39 is 6.04 Å². The van der Waals surface area contributed by atoms with Gasteiger partial charge in [0.05, 0.1) is 18.8 Å². The van der Waals surface area contributed by atoms with Gasteiger partial charge in [0.25, 0.3) is 0 Å². The Morgan fingerprint density at radius 1 is 1.74 bits per heavy atom. The first-order valence-electron chi connectivity index (χ1n) is 5.79. The molecule has 1 aromatic rings. The minimum absolute atomic E-state index is 0.167. The van der Waals surface area contributed by atoms with Crippen molar-refractivity contribution in [2.24, 2.45) is 0 Å². The average molecular weight is 281 g/mol. The molecule has 1 aromatic heterocycles. The molecule has 2 rings (SSSR count). The smallest absolute Gasteiger partial charge is 0.244 e. The standard InChI is InChI=1S/C12H13ClN4O2/c1-15-12(18)9-7-19-5-4-17(9)11-10(13)8(6-14)2-3-16-11/h2-3,9H,4-5,7H2,1H3,(H,15,18). The molecule has 1 aliphatic heterocycles. The molecule has 19 heavy (non-hydrogen) atoms. The van der Waals surface area contributed by atoms with Gasteiger partial charge in [-0.2, -0.15) is 5.26 Å². The van der Waals surface area contributed by atoms with E-state index in [-0.39, 0.29) is 17.5 Å². The summed E-state index contributed by atoms with van der Waals surface area (Å²) >= 11 is 6.16. The minimum atomic E-state index is -0.488. The number of likely N-dealkylation sites (N-methyl/N-ethyl adjacent to an activating group) is 1. The number of carbonyl (C=O) groups is 1. The summed E-state index contributed by atoms with van der Waals surface area (Å²) in [5.41, 5.74) is 0.341. The van der Waals surface area contributed by atoms with Crippen molar-refractivity contribution in [3.63, 3.8) is 0 Å². The number of anilines is 1. The fourth-order valence-corrected chi connectivity index (χ4v) is 2.22. The molecule has 2 heterocycles. The van der Waals surface area contributed by atoms with E-state index >= 15 is 0 Å². The molecule has 6 nitrogen and oxygen atoms in total. The number of aromatic nitrogens is 1. The van der Waals surface area contributed by atoms with Gasteiger partial charge in [0.1, 0.15) is 23.0 Å². The minimum Gasteiger partial charge on any atom is -0.377 e. The van der Waals surface area contributed by atoms with Crippen LogP contribution in [-0.2, 0) is 9.53 Å². The fourth-order valence-electron chi connectivity index (χ4n) is 1.96. The number of nitriles is 1. The third-order valence-electron chi connectivity index (χ3n) is 2.94. The molecule has 1 aliphatic rings. The van der Waals surface area contributed by atoms with Gasteiger partial charge in [0.15, 0.2) is 0 Å². The van der Waals surface area contributed by atoms with Gasteiger partial charge in [-0.15, -0.1) is 0 Å². The molecule has 0 aliphatic carbocycles. The first kappa shape index (κ1) is 13.6. The lowest BCUT2D eigenvalue weighted by Crippen LogP contribution is -2.53. The second-order valence-electron chi connectivity index (χ2n) is 4.01. The highest BCUT2D eigenvalue weighted by molar-refractivity contribution is 6.34. The molecule has 1 fully saturated rings. The first-order valence-corrected chi connectivity index (χ1v) is 6.17. The quantitative estimate of drug-likeness (QED) is 0.856. The van der Waals surface area contributed by atoms with Crippen LogP contribution in [0, 0.1) is 11.3 Å². The largest absolute Gasteiger partial charge is 0.377 e. The molecular weight excluding hydrogens is 268 g/mol. The van der Waals surface area contributed by atoms with E-state index in [0.717, 1.165) is 0 Å². The molecule has 1 amide bonds. The molecule has 0 aromatic carbocycles. The van der Waals surface area contributed by atoms with Crippen molar-refractivity contribution in [1.82, 2.24) is 10.3 Å². The van der Waals surface area contributed by atoms with E-state index in [1.165, 1.54) is 6.20 Å². The van der Waals surface area contributed by atoms with Gasteiger partial charge in [-0.05, 0) is 6.07 Å². The zero-order valence-electron chi connectivity index (χ0n) is 10.4. The molecule has 100 valence electrons. The summed E-state index contributed by atoms with van der Waals surface area (Å²) in [6.45, 7) is 1.26. The summed E-state index contributed by atoms with van der Waals surface area (Å²) in [4.78, 5) is 17.8. The highest BCUT2D eigenvalue weighted by atomic mass is 35.5. The number of morpholine rings is 1. The van der Waals surface area contributed by atoms with Crippen LogP contribution in [-0.4, -0.2) is 43.7 Å². The van der Waals surface area contributed by atoms with Crippen LogP contribution in [0.25, 0.3) is 0 Å². The van der Waals surface area contributed by atoms with E-state index in [9.17, 15) is 4.79 Å². The summed E-state index contributed by atoms with van der Waals surface area (Å²) in [6.07, 6.45) is 1.51. The van der Waals surface area contributed by atoms with Crippen LogP contribution >= 0.6 is 11.6 Å². The van der Waals surface area contributed by atoms with Crippen molar-refractivity contribution in [3.05, 3.63) is 22.8 Å². The van der Waals surface area contributed by atoms with Crippen LogP contribution in [0.1, 0.15) is 5.56 Å². The summed E-state index contributed by atoms with van der Waals surface area (Å²) in [6, 6.07) is 3.06. The molecule has 1 unspecified atom stereocenters.